The number of nitrogens with zero attached hydrogens (tertiary/aromatic N) is 1. The zero-order valence-corrected chi connectivity index (χ0v) is 13.0. The summed E-state index contributed by atoms with van der Waals surface area (Å²) in [6.45, 7) is 0.0835. The molecule has 0 aliphatic carbocycles. The molecule has 0 saturated heterocycles. The van der Waals surface area contributed by atoms with E-state index in [1.165, 1.54) is 6.21 Å². The minimum Gasteiger partial charge on any atom is -0.497 e. The zero-order chi connectivity index (χ0) is 16.8. The van der Waals surface area contributed by atoms with Crippen LogP contribution in [0.15, 0.2) is 47.6 Å². The summed E-state index contributed by atoms with van der Waals surface area (Å²) in [5.41, 5.74) is 3.19. The average molecular weight is 328 g/mol. The lowest BCUT2D eigenvalue weighted by Crippen LogP contribution is -2.24. The van der Waals surface area contributed by atoms with Crippen LogP contribution < -0.4 is 24.4 Å². The van der Waals surface area contributed by atoms with Gasteiger partial charge in [-0.15, -0.1) is 0 Å². The number of fused-ring (bicyclic) bond motifs is 1. The number of hydrogen-bond acceptors (Lipinski definition) is 6. The number of hydrazone groups is 1. The second-order valence-corrected chi connectivity index (χ2v) is 4.87. The molecule has 24 heavy (non-hydrogen) atoms. The molecule has 1 N–H and O–H groups in total. The number of carbonyl (C=O) groups is 1. The van der Waals surface area contributed by atoms with Crippen LogP contribution in [0, 0.1) is 0 Å². The summed E-state index contributed by atoms with van der Waals surface area (Å²) in [7, 11) is 1.58. The van der Waals surface area contributed by atoms with Crippen molar-refractivity contribution in [1.29, 1.82) is 0 Å². The third-order valence-corrected chi connectivity index (χ3v) is 3.23. The topological polar surface area (TPSA) is 78.4 Å². The van der Waals surface area contributed by atoms with Gasteiger partial charge in [0.1, 0.15) is 11.5 Å². The molecular weight excluding hydrogens is 312 g/mol. The van der Waals surface area contributed by atoms with Gasteiger partial charge < -0.3 is 18.9 Å². The van der Waals surface area contributed by atoms with Crippen molar-refractivity contribution in [3.63, 3.8) is 0 Å². The van der Waals surface area contributed by atoms with Crippen LogP contribution in [-0.4, -0.2) is 32.6 Å². The number of amides is 1. The second kappa shape index (κ2) is 7.36. The van der Waals surface area contributed by atoms with E-state index in [4.69, 9.17) is 18.9 Å². The first kappa shape index (κ1) is 15.7. The van der Waals surface area contributed by atoms with Crippen LogP contribution in [0.4, 0.5) is 0 Å². The van der Waals surface area contributed by atoms with Gasteiger partial charge in [-0.1, -0.05) is 0 Å². The van der Waals surface area contributed by atoms with E-state index in [1.54, 1.807) is 43.5 Å². The molecule has 1 aliphatic rings. The number of ether oxygens (including phenoxy) is 4. The molecule has 0 radical (unpaired) electrons. The van der Waals surface area contributed by atoms with E-state index < -0.39 is 0 Å². The summed E-state index contributed by atoms with van der Waals surface area (Å²) in [5, 5.41) is 3.89. The molecule has 0 bridgehead atoms. The van der Waals surface area contributed by atoms with Gasteiger partial charge in [0.15, 0.2) is 18.1 Å². The fourth-order valence-electron chi connectivity index (χ4n) is 2.03. The average Bonchev–Trinajstić information content (AvgIpc) is 3.08. The highest BCUT2D eigenvalue weighted by molar-refractivity contribution is 5.83. The summed E-state index contributed by atoms with van der Waals surface area (Å²) in [4.78, 5) is 11.7. The van der Waals surface area contributed by atoms with Crippen LogP contribution in [0.1, 0.15) is 5.56 Å². The Morgan fingerprint density at radius 2 is 1.92 bits per heavy atom. The van der Waals surface area contributed by atoms with E-state index in [2.05, 4.69) is 10.5 Å². The molecule has 0 saturated carbocycles. The highest BCUT2D eigenvalue weighted by Gasteiger charge is 2.12. The van der Waals surface area contributed by atoms with Gasteiger partial charge in [-0.2, -0.15) is 5.10 Å². The Bertz CT molecular complexity index is 743. The van der Waals surface area contributed by atoms with Crippen molar-refractivity contribution >= 4 is 12.1 Å². The van der Waals surface area contributed by atoms with E-state index in [9.17, 15) is 4.79 Å². The van der Waals surface area contributed by atoms with Crippen molar-refractivity contribution in [3.8, 4) is 23.0 Å². The standard InChI is InChI=1S/C17H16N2O5/c1-21-13-3-5-14(6-4-13)22-10-17(20)19-18-9-12-2-7-15-16(8-12)24-11-23-15/h2-9H,10-11H2,1H3,(H,19,20)/b18-9+. The summed E-state index contributed by atoms with van der Waals surface area (Å²) >= 11 is 0. The van der Waals surface area contributed by atoms with Crippen LogP contribution >= 0.6 is 0 Å². The van der Waals surface area contributed by atoms with Crippen molar-refractivity contribution in [2.45, 2.75) is 0 Å². The van der Waals surface area contributed by atoms with Gasteiger partial charge in [0.2, 0.25) is 6.79 Å². The molecule has 0 unspecified atom stereocenters. The Kier molecular flexibility index (Phi) is 4.81. The molecule has 3 rings (SSSR count). The monoisotopic (exact) mass is 328 g/mol. The fraction of sp³-hybridized carbons (Fsp3) is 0.176. The SMILES string of the molecule is COc1ccc(OCC(=O)N/N=C/c2ccc3c(c2)OCO3)cc1. The molecule has 2 aromatic rings. The maximum Gasteiger partial charge on any atom is 0.277 e. The van der Waals surface area contributed by atoms with E-state index in [0.29, 0.717) is 17.2 Å². The van der Waals surface area contributed by atoms with E-state index in [1.807, 2.05) is 6.07 Å². The van der Waals surface area contributed by atoms with E-state index in [-0.39, 0.29) is 19.3 Å². The van der Waals surface area contributed by atoms with Gasteiger partial charge in [-0.25, -0.2) is 5.43 Å². The Morgan fingerprint density at radius 3 is 2.71 bits per heavy atom. The number of methoxy groups -OCH3 is 1. The fourth-order valence-corrected chi connectivity index (χ4v) is 2.03. The number of hydrogen-bond donors (Lipinski definition) is 1. The molecule has 0 atom stereocenters. The first-order valence-electron chi connectivity index (χ1n) is 7.23. The quantitative estimate of drug-likeness (QED) is 0.648. The third kappa shape index (κ3) is 3.95. The van der Waals surface area contributed by atoms with Crippen LogP contribution in [0.25, 0.3) is 0 Å². The van der Waals surface area contributed by atoms with Gasteiger partial charge in [0.05, 0.1) is 13.3 Å². The van der Waals surface area contributed by atoms with Crippen LogP contribution in [0.2, 0.25) is 0 Å². The molecule has 0 fully saturated rings. The second-order valence-electron chi connectivity index (χ2n) is 4.87. The molecule has 1 aliphatic heterocycles. The Labute approximate surface area is 138 Å². The lowest BCUT2D eigenvalue weighted by atomic mass is 10.2. The minimum absolute atomic E-state index is 0.134. The summed E-state index contributed by atoms with van der Waals surface area (Å²) < 4.78 is 20.9. The minimum atomic E-state index is -0.359. The van der Waals surface area contributed by atoms with E-state index in [0.717, 1.165) is 11.3 Å². The van der Waals surface area contributed by atoms with Crippen LogP contribution in [0.5, 0.6) is 23.0 Å². The molecule has 1 amide bonds. The number of rotatable bonds is 6. The molecule has 0 aromatic heterocycles. The molecule has 1 heterocycles. The zero-order valence-electron chi connectivity index (χ0n) is 13.0. The van der Waals surface area contributed by atoms with Crippen LogP contribution in [0.3, 0.4) is 0 Å². The normalized spacial score (nSPS) is 12.2. The predicted molar refractivity (Wildman–Crippen MR) is 86.8 cm³/mol. The maximum absolute atomic E-state index is 11.7. The molecular formula is C17H16N2O5. The third-order valence-electron chi connectivity index (χ3n) is 3.23. The summed E-state index contributed by atoms with van der Waals surface area (Å²) in [6, 6.07) is 12.3. The number of carbonyl (C=O) groups excluding carboxylic acids is 1. The lowest BCUT2D eigenvalue weighted by molar-refractivity contribution is -0.123. The Morgan fingerprint density at radius 1 is 1.17 bits per heavy atom. The highest BCUT2D eigenvalue weighted by Crippen LogP contribution is 2.31. The highest BCUT2D eigenvalue weighted by atomic mass is 16.7. The van der Waals surface area contributed by atoms with Gasteiger partial charge in [0, 0.05) is 0 Å². The van der Waals surface area contributed by atoms with Crippen molar-refractivity contribution < 1.29 is 23.7 Å². The van der Waals surface area contributed by atoms with E-state index >= 15 is 0 Å². The molecule has 2 aromatic carbocycles. The first-order chi connectivity index (χ1) is 11.7. The lowest BCUT2D eigenvalue weighted by Gasteiger charge is -2.05. The van der Waals surface area contributed by atoms with Gasteiger partial charge in [0.25, 0.3) is 5.91 Å². The number of nitrogens with one attached hydrogen (secondary N) is 1. The number of benzene rings is 2. The Balaban J connectivity index is 1.46. The molecule has 7 heteroatoms. The Hall–Kier alpha value is -3.22. The van der Waals surface area contributed by atoms with Gasteiger partial charge in [-0.3, -0.25) is 4.79 Å². The van der Waals surface area contributed by atoms with Crippen LogP contribution in [-0.2, 0) is 4.79 Å². The van der Waals surface area contributed by atoms with Crippen molar-refractivity contribution in [1.82, 2.24) is 5.43 Å². The van der Waals surface area contributed by atoms with Crippen molar-refractivity contribution in [3.05, 3.63) is 48.0 Å². The first-order valence-corrected chi connectivity index (χ1v) is 7.23. The smallest absolute Gasteiger partial charge is 0.277 e. The summed E-state index contributed by atoms with van der Waals surface area (Å²) in [6.07, 6.45) is 1.52. The predicted octanol–water partition coefficient (Wildman–Crippen LogP) is 1.95. The molecule has 124 valence electrons. The van der Waals surface area contributed by atoms with Crippen molar-refractivity contribution in [2.75, 3.05) is 20.5 Å². The summed E-state index contributed by atoms with van der Waals surface area (Å²) in [5.74, 6) is 2.30. The van der Waals surface area contributed by atoms with Gasteiger partial charge >= 0.3 is 0 Å². The molecule has 0 spiro atoms. The molecule has 7 nitrogen and oxygen atoms in total. The van der Waals surface area contributed by atoms with Crippen molar-refractivity contribution in [2.24, 2.45) is 5.10 Å². The maximum atomic E-state index is 11.7. The van der Waals surface area contributed by atoms with Gasteiger partial charge in [-0.05, 0) is 48.0 Å². The largest absolute Gasteiger partial charge is 0.497 e.